The summed E-state index contributed by atoms with van der Waals surface area (Å²) in [7, 11) is -3.60. The second-order valence-corrected chi connectivity index (χ2v) is 7.16. The topological polar surface area (TPSA) is 66.9 Å². The largest absolute Gasteiger partial charge is 0.465 e. The Bertz CT molecular complexity index is 419. The Kier molecular flexibility index (Phi) is 7.62. The molecule has 0 saturated carbocycles. The zero-order chi connectivity index (χ0) is 15.9. The van der Waals surface area contributed by atoms with Crippen LogP contribution in [0, 0.1) is 0 Å². The van der Waals surface area contributed by atoms with Crippen molar-refractivity contribution >= 4 is 16.2 Å². The predicted molar refractivity (Wildman–Crippen MR) is 82.1 cm³/mol. The highest BCUT2D eigenvalue weighted by Gasteiger charge is 2.40. The van der Waals surface area contributed by atoms with Gasteiger partial charge in [0.2, 0.25) is 0 Å². The van der Waals surface area contributed by atoms with Gasteiger partial charge in [-0.25, -0.2) is 0 Å². The Morgan fingerprint density at radius 1 is 1.19 bits per heavy atom. The lowest BCUT2D eigenvalue weighted by atomic mass is 10.1. The van der Waals surface area contributed by atoms with E-state index in [9.17, 15) is 13.2 Å². The van der Waals surface area contributed by atoms with E-state index in [-0.39, 0.29) is 6.61 Å². The molecule has 0 spiro atoms. The van der Waals surface area contributed by atoms with Crippen LogP contribution >= 0.6 is 0 Å². The molecular weight excluding hydrogens is 292 g/mol. The molecule has 1 aliphatic heterocycles. The highest BCUT2D eigenvalue weighted by molar-refractivity contribution is 7.86. The average molecular weight is 320 g/mol. The first-order valence-electron chi connectivity index (χ1n) is 7.92. The standard InChI is InChI=1S/C14H28N2O4S/c1-4-10-15(11-5-2)21(18,19)16-12-8-7-9-13(16)14(17)20-6-3/h13H,4-12H2,1-3H3. The Balaban J connectivity index is 2.97. The highest BCUT2D eigenvalue weighted by Crippen LogP contribution is 2.24. The van der Waals surface area contributed by atoms with Crippen molar-refractivity contribution < 1.29 is 17.9 Å². The van der Waals surface area contributed by atoms with Crippen LogP contribution in [0.25, 0.3) is 0 Å². The van der Waals surface area contributed by atoms with Gasteiger partial charge in [0.15, 0.2) is 0 Å². The molecule has 1 heterocycles. The third kappa shape index (κ3) is 4.66. The lowest BCUT2D eigenvalue weighted by Crippen LogP contribution is -2.54. The average Bonchev–Trinajstić information content (AvgIpc) is 2.47. The zero-order valence-electron chi connectivity index (χ0n) is 13.4. The molecule has 0 aromatic heterocycles. The van der Waals surface area contributed by atoms with Crippen molar-refractivity contribution in [3.05, 3.63) is 0 Å². The van der Waals surface area contributed by atoms with E-state index in [0.29, 0.717) is 26.1 Å². The molecule has 1 saturated heterocycles. The third-order valence-electron chi connectivity index (χ3n) is 3.58. The summed E-state index contributed by atoms with van der Waals surface area (Å²) in [5.74, 6) is -0.422. The number of esters is 1. The van der Waals surface area contributed by atoms with Gasteiger partial charge in [-0.3, -0.25) is 4.79 Å². The predicted octanol–water partition coefficient (Wildman–Crippen LogP) is 1.77. The van der Waals surface area contributed by atoms with Crippen molar-refractivity contribution in [1.29, 1.82) is 0 Å². The summed E-state index contributed by atoms with van der Waals surface area (Å²) in [6.45, 7) is 7.30. The molecule has 0 N–H and O–H groups in total. The normalized spacial score (nSPS) is 20.7. The van der Waals surface area contributed by atoms with Gasteiger partial charge in [-0.05, 0) is 39.0 Å². The molecule has 0 amide bonds. The van der Waals surface area contributed by atoms with Crippen molar-refractivity contribution in [3.8, 4) is 0 Å². The van der Waals surface area contributed by atoms with Crippen LogP contribution in [-0.4, -0.2) is 55.3 Å². The Morgan fingerprint density at radius 3 is 2.33 bits per heavy atom. The molecule has 1 fully saturated rings. The molecular formula is C14H28N2O4S. The van der Waals surface area contributed by atoms with Crippen LogP contribution in [0.4, 0.5) is 0 Å². The quantitative estimate of drug-likeness (QED) is 0.639. The molecule has 124 valence electrons. The second kappa shape index (κ2) is 8.70. The summed E-state index contributed by atoms with van der Waals surface area (Å²) in [5.41, 5.74) is 0. The molecule has 1 aliphatic rings. The molecule has 0 aromatic carbocycles. The van der Waals surface area contributed by atoms with Crippen LogP contribution in [0.5, 0.6) is 0 Å². The molecule has 1 atom stereocenters. The van der Waals surface area contributed by atoms with Crippen molar-refractivity contribution in [2.45, 2.75) is 58.9 Å². The molecule has 1 rings (SSSR count). The summed E-state index contributed by atoms with van der Waals surface area (Å²) in [6.07, 6.45) is 3.72. The summed E-state index contributed by atoms with van der Waals surface area (Å²) in [4.78, 5) is 12.0. The van der Waals surface area contributed by atoms with Gasteiger partial charge < -0.3 is 4.74 Å². The lowest BCUT2D eigenvalue weighted by molar-refractivity contribution is -0.148. The van der Waals surface area contributed by atoms with E-state index in [1.807, 2.05) is 13.8 Å². The van der Waals surface area contributed by atoms with Gasteiger partial charge in [0, 0.05) is 19.6 Å². The minimum atomic E-state index is -3.60. The van der Waals surface area contributed by atoms with Gasteiger partial charge in [0.1, 0.15) is 6.04 Å². The van der Waals surface area contributed by atoms with Gasteiger partial charge >= 0.3 is 5.97 Å². The van der Waals surface area contributed by atoms with Gasteiger partial charge in [0.25, 0.3) is 10.2 Å². The van der Waals surface area contributed by atoms with Crippen LogP contribution < -0.4 is 0 Å². The van der Waals surface area contributed by atoms with Crippen molar-refractivity contribution in [1.82, 2.24) is 8.61 Å². The molecule has 0 aliphatic carbocycles. The minimum absolute atomic E-state index is 0.275. The Morgan fingerprint density at radius 2 is 1.81 bits per heavy atom. The monoisotopic (exact) mass is 320 g/mol. The van der Waals surface area contributed by atoms with E-state index in [0.717, 1.165) is 25.7 Å². The first kappa shape index (κ1) is 18.4. The minimum Gasteiger partial charge on any atom is -0.465 e. The molecule has 0 radical (unpaired) electrons. The summed E-state index contributed by atoms with van der Waals surface area (Å²) < 4.78 is 33.5. The smallest absolute Gasteiger partial charge is 0.324 e. The number of piperidine rings is 1. The van der Waals surface area contributed by atoms with Crippen LogP contribution in [0.3, 0.4) is 0 Å². The number of hydrogen-bond acceptors (Lipinski definition) is 4. The first-order chi connectivity index (χ1) is 9.98. The molecule has 1 unspecified atom stereocenters. The summed E-state index contributed by atoms with van der Waals surface area (Å²) in [5, 5.41) is 0. The van der Waals surface area contributed by atoms with Crippen LogP contribution in [0.15, 0.2) is 0 Å². The maximum atomic E-state index is 12.8. The van der Waals surface area contributed by atoms with Crippen molar-refractivity contribution in [2.75, 3.05) is 26.2 Å². The first-order valence-corrected chi connectivity index (χ1v) is 9.32. The Labute approximate surface area is 128 Å². The van der Waals surface area contributed by atoms with Gasteiger partial charge in [-0.15, -0.1) is 0 Å². The second-order valence-electron chi connectivity index (χ2n) is 5.28. The van der Waals surface area contributed by atoms with E-state index in [1.165, 1.54) is 8.61 Å². The summed E-state index contributed by atoms with van der Waals surface area (Å²) >= 11 is 0. The van der Waals surface area contributed by atoms with Crippen LogP contribution in [-0.2, 0) is 19.7 Å². The third-order valence-corrected chi connectivity index (χ3v) is 5.63. The maximum Gasteiger partial charge on any atom is 0.324 e. The maximum absolute atomic E-state index is 12.8. The Hall–Kier alpha value is -0.660. The number of nitrogens with zero attached hydrogens (tertiary/aromatic N) is 2. The van der Waals surface area contributed by atoms with Gasteiger partial charge in [-0.2, -0.15) is 17.0 Å². The zero-order valence-corrected chi connectivity index (χ0v) is 14.2. The van der Waals surface area contributed by atoms with E-state index in [2.05, 4.69) is 0 Å². The van der Waals surface area contributed by atoms with Crippen LogP contribution in [0.2, 0.25) is 0 Å². The number of carbonyl (C=O) groups is 1. The van der Waals surface area contributed by atoms with E-state index in [4.69, 9.17) is 4.74 Å². The summed E-state index contributed by atoms with van der Waals surface area (Å²) in [6, 6.07) is -0.667. The molecule has 0 bridgehead atoms. The van der Waals surface area contributed by atoms with E-state index in [1.54, 1.807) is 6.92 Å². The molecule has 6 nitrogen and oxygen atoms in total. The van der Waals surface area contributed by atoms with Crippen LogP contribution in [0.1, 0.15) is 52.9 Å². The fourth-order valence-corrected chi connectivity index (χ4v) is 4.64. The highest BCUT2D eigenvalue weighted by atomic mass is 32.2. The number of carbonyl (C=O) groups excluding carboxylic acids is 1. The molecule has 7 heteroatoms. The van der Waals surface area contributed by atoms with Crippen molar-refractivity contribution in [3.63, 3.8) is 0 Å². The number of hydrogen-bond donors (Lipinski definition) is 0. The molecule has 0 aromatic rings. The fourth-order valence-electron chi connectivity index (χ4n) is 2.64. The fraction of sp³-hybridized carbons (Fsp3) is 0.929. The van der Waals surface area contributed by atoms with Crippen molar-refractivity contribution in [2.24, 2.45) is 0 Å². The van der Waals surface area contributed by atoms with Gasteiger partial charge in [-0.1, -0.05) is 13.8 Å². The van der Waals surface area contributed by atoms with Gasteiger partial charge in [0.05, 0.1) is 6.61 Å². The van der Waals surface area contributed by atoms with E-state index < -0.39 is 22.2 Å². The number of ether oxygens (including phenoxy) is 1. The van der Waals surface area contributed by atoms with E-state index >= 15 is 0 Å². The SMILES string of the molecule is CCCN(CCC)S(=O)(=O)N1CCCCC1C(=O)OCC. The number of rotatable bonds is 8. The molecule has 21 heavy (non-hydrogen) atoms. The lowest BCUT2D eigenvalue weighted by Gasteiger charge is -2.36.